The van der Waals surface area contributed by atoms with Gasteiger partial charge in [-0.05, 0) is 24.8 Å². The monoisotopic (exact) mass is 137 g/mol. The SMILES string of the molecule is CC1=CC(C)(C)CC(N)=C1. The molecule has 0 aromatic heterocycles. The van der Waals surface area contributed by atoms with E-state index in [4.69, 9.17) is 5.73 Å². The van der Waals surface area contributed by atoms with Gasteiger partial charge in [0.05, 0.1) is 0 Å². The van der Waals surface area contributed by atoms with Crippen LogP contribution in [0.5, 0.6) is 0 Å². The van der Waals surface area contributed by atoms with Crippen LogP contribution in [-0.2, 0) is 0 Å². The van der Waals surface area contributed by atoms with Crippen LogP contribution >= 0.6 is 0 Å². The van der Waals surface area contributed by atoms with Crippen LogP contribution in [0.2, 0.25) is 0 Å². The van der Waals surface area contributed by atoms with Crippen LogP contribution < -0.4 is 5.73 Å². The second kappa shape index (κ2) is 2.15. The van der Waals surface area contributed by atoms with Gasteiger partial charge in [0.15, 0.2) is 0 Å². The fourth-order valence-electron chi connectivity index (χ4n) is 1.58. The van der Waals surface area contributed by atoms with Gasteiger partial charge in [0.25, 0.3) is 0 Å². The molecule has 1 aliphatic carbocycles. The minimum atomic E-state index is 0.267. The summed E-state index contributed by atoms with van der Waals surface area (Å²) < 4.78 is 0. The summed E-state index contributed by atoms with van der Waals surface area (Å²) >= 11 is 0. The van der Waals surface area contributed by atoms with E-state index in [1.165, 1.54) is 5.57 Å². The number of hydrogen-bond donors (Lipinski definition) is 1. The molecule has 0 spiro atoms. The Morgan fingerprint density at radius 1 is 1.50 bits per heavy atom. The van der Waals surface area contributed by atoms with Crippen molar-refractivity contribution in [2.24, 2.45) is 11.1 Å². The van der Waals surface area contributed by atoms with E-state index < -0.39 is 0 Å². The largest absolute Gasteiger partial charge is 0.402 e. The summed E-state index contributed by atoms with van der Waals surface area (Å²) in [6.45, 7) is 6.50. The standard InChI is InChI=1S/C9H15N/c1-7-4-8(10)6-9(2,3)5-7/h4-5H,6,10H2,1-3H3. The fourth-order valence-corrected chi connectivity index (χ4v) is 1.58. The summed E-state index contributed by atoms with van der Waals surface area (Å²) in [6, 6.07) is 0. The summed E-state index contributed by atoms with van der Waals surface area (Å²) in [5, 5.41) is 0. The molecule has 0 amide bonds. The first-order valence-electron chi connectivity index (χ1n) is 3.65. The van der Waals surface area contributed by atoms with Crippen molar-refractivity contribution in [1.29, 1.82) is 0 Å². The van der Waals surface area contributed by atoms with Gasteiger partial charge in [0.2, 0.25) is 0 Å². The Bertz CT molecular complexity index is 197. The molecule has 1 aliphatic rings. The molecule has 0 bridgehead atoms. The van der Waals surface area contributed by atoms with Gasteiger partial charge in [-0.2, -0.15) is 0 Å². The maximum atomic E-state index is 5.72. The molecule has 0 saturated heterocycles. The average molecular weight is 137 g/mol. The van der Waals surface area contributed by atoms with Crippen molar-refractivity contribution < 1.29 is 0 Å². The Labute approximate surface area is 62.6 Å². The molecule has 0 heterocycles. The second-order valence-electron chi connectivity index (χ2n) is 3.77. The van der Waals surface area contributed by atoms with Crippen molar-refractivity contribution in [2.75, 3.05) is 0 Å². The Balaban J connectivity index is 2.88. The fraction of sp³-hybridized carbons (Fsp3) is 0.556. The summed E-state index contributed by atoms with van der Waals surface area (Å²) in [4.78, 5) is 0. The van der Waals surface area contributed by atoms with E-state index in [1.54, 1.807) is 0 Å². The van der Waals surface area contributed by atoms with Crippen molar-refractivity contribution in [3.63, 3.8) is 0 Å². The number of allylic oxidation sites excluding steroid dienone is 4. The van der Waals surface area contributed by atoms with Crippen molar-refractivity contribution in [1.82, 2.24) is 0 Å². The molecule has 0 aromatic carbocycles. The van der Waals surface area contributed by atoms with Crippen LogP contribution in [0, 0.1) is 5.41 Å². The van der Waals surface area contributed by atoms with Gasteiger partial charge >= 0.3 is 0 Å². The molecule has 0 saturated carbocycles. The van der Waals surface area contributed by atoms with Gasteiger partial charge in [-0.25, -0.2) is 0 Å². The summed E-state index contributed by atoms with van der Waals surface area (Å²) in [6.07, 6.45) is 5.30. The van der Waals surface area contributed by atoms with Crippen molar-refractivity contribution in [3.8, 4) is 0 Å². The zero-order valence-corrected chi connectivity index (χ0v) is 6.94. The van der Waals surface area contributed by atoms with Gasteiger partial charge in [0.1, 0.15) is 0 Å². The van der Waals surface area contributed by atoms with Gasteiger partial charge in [0, 0.05) is 5.70 Å². The van der Waals surface area contributed by atoms with Crippen LogP contribution in [-0.4, -0.2) is 0 Å². The molecule has 1 heteroatoms. The maximum Gasteiger partial charge on any atom is 0.00915 e. The lowest BCUT2D eigenvalue weighted by atomic mass is 9.82. The first kappa shape index (κ1) is 7.39. The molecule has 0 aromatic rings. The minimum absolute atomic E-state index is 0.267. The van der Waals surface area contributed by atoms with E-state index in [2.05, 4.69) is 26.8 Å². The van der Waals surface area contributed by atoms with E-state index in [-0.39, 0.29) is 5.41 Å². The third-order valence-corrected chi connectivity index (χ3v) is 1.69. The van der Waals surface area contributed by atoms with Crippen molar-refractivity contribution in [3.05, 3.63) is 23.4 Å². The van der Waals surface area contributed by atoms with Gasteiger partial charge < -0.3 is 5.73 Å². The summed E-state index contributed by atoms with van der Waals surface area (Å²) in [7, 11) is 0. The molecule has 2 N–H and O–H groups in total. The summed E-state index contributed by atoms with van der Waals surface area (Å²) in [5.74, 6) is 0. The maximum absolute atomic E-state index is 5.72. The van der Waals surface area contributed by atoms with Crippen molar-refractivity contribution >= 4 is 0 Å². The Kier molecular flexibility index (Phi) is 1.59. The van der Waals surface area contributed by atoms with E-state index in [0.29, 0.717) is 0 Å². The highest BCUT2D eigenvalue weighted by Crippen LogP contribution is 2.30. The second-order valence-corrected chi connectivity index (χ2v) is 3.77. The predicted molar refractivity (Wildman–Crippen MR) is 44.4 cm³/mol. The Hall–Kier alpha value is -0.720. The lowest BCUT2D eigenvalue weighted by Gasteiger charge is -2.24. The smallest absolute Gasteiger partial charge is 0.00915 e. The molecule has 56 valence electrons. The van der Waals surface area contributed by atoms with E-state index in [0.717, 1.165) is 12.1 Å². The van der Waals surface area contributed by atoms with E-state index in [1.807, 2.05) is 6.08 Å². The molecule has 0 unspecified atom stereocenters. The van der Waals surface area contributed by atoms with E-state index in [9.17, 15) is 0 Å². The highest BCUT2D eigenvalue weighted by molar-refractivity contribution is 5.28. The van der Waals surface area contributed by atoms with Crippen LogP contribution in [0.25, 0.3) is 0 Å². The van der Waals surface area contributed by atoms with Gasteiger partial charge in [-0.1, -0.05) is 25.5 Å². The highest BCUT2D eigenvalue weighted by atomic mass is 14.6. The van der Waals surface area contributed by atoms with Crippen LogP contribution in [0.15, 0.2) is 23.4 Å². The third kappa shape index (κ3) is 1.63. The first-order chi connectivity index (χ1) is 4.49. The van der Waals surface area contributed by atoms with Crippen LogP contribution in [0.1, 0.15) is 27.2 Å². The van der Waals surface area contributed by atoms with Crippen LogP contribution in [0.4, 0.5) is 0 Å². The zero-order chi connectivity index (χ0) is 7.78. The molecule has 0 aliphatic heterocycles. The molecule has 10 heavy (non-hydrogen) atoms. The highest BCUT2D eigenvalue weighted by Gasteiger charge is 2.18. The number of rotatable bonds is 0. The molecular weight excluding hydrogens is 122 g/mol. The quantitative estimate of drug-likeness (QED) is 0.544. The minimum Gasteiger partial charge on any atom is -0.402 e. The van der Waals surface area contributed by atoms with Crippen LogP contribution in [0.3, 0.4) is 0 Å². The lowest BCUT2D eigenvalue weighted by molar-refractivity contribution is 0.464. The van der Waals surface area contributed by atoms with E-state index >= 15 is 0 Å². The topological polar surface area (TPSA) is 26.0 Å². The first-order valence-corrected chi connectivity index (χ1v) is 3.65. The number of nitrogens with two attached hydrogens (primary N) is 1. The van der Waals surface area contributed by atoms with Gasteiger partial charge in [-0.3, -0.25) is 0 Å². The predicted octanol–water partition coefficient (Wildman–Crippen LogP) is 2.21. The molecule has 0 atom stereocenters. The third-order valence-electron chi connectivity index (χ3n) is 1.69. The summed E-state index contributed by atoms with van der Waals surface area (Å²) in [5.41, 5.74) is 8.28. The molecule has 0 fully saturated rings. The molecule has 0 radical (unpaired) electrons. The Morgan fingerprint density at radius 3 is 2.50 bits per heavy atom. The number of hydrogen-bond acceptors (Lipinski definition) is 1. The zero-order valence-electron chi connectivity index (χ0n) is 6.94. The molecule has 1 nitrogen and oxygen atoms in total. The molecule has 1 rings (SSSR count). The normalized spacial score (nSPS) is 23.5. The lowest BCUT2D eigenvalue weighted by Crippen LogP contribution is -2.16. The average Bonchev–Trinajstić information content (AvgIpc) is 1.54. The molecular formula is C9H15N. The van der Waals surface area contributed by atoms with Gasteiger partial charge in [-0.15, -0.1) is 0 Å². The Morgan fingerprint density at radius 2 is 2.10 bits per heavy atom. The van der Waals surface area contributed by atoms with Crippen molar-refractivity contribution in [2.45, 2.75) is 27.2 Å².